The van der Waals surface area contributed by atoms with Crippen LogP contribution in [0.5, 0.6) is 5.75 Å². The molecule has 0 saturated carbocycles. The number of aromatic amines is 1. The lowest BCUT2D eigenvalue weighted by Gasteiger charge is -2.28. The number of halogens is 1. The lowest BCUT2D eigenvalue weighted by atomic mass is 10.1. The standard InChI is InChI=1S/C22H21FN4O3/c1-30-19-8-3-2-7-18(19)25-22(29)27-10-9-17-16(13-27)21(28)26-20(24-17)12-14-5-4-6-15(23)11-14/h2-8,11H,9-10,12-13H2,1H3,(H,25,29)(H,24,26,28). The number of methoxy groups -OCH3 is 1. The summed E-state index contributed by atoms with van der Waals surface area (Å²) in [6.45, 7) is 0.600. The Bertz CT molecular complexity index is 1150. The zero-order valence-corrected chi connectivity index (χ0v) is 16.4. The van der Waals surface area contributed by atoms with E-state index in [1.54, 1.807) is 35.2 Å². The monoisotopic (exact) mass is 408 g/mol. The number of nitrogens with zero attached hydrogens (tertiary/aromatic N) is 2. The summed E-state index contributed by atoms with van der Waals surface area (Å²) in [6.07, 6.45) is 0.799. The molecule has 8 heteroatoms. The molecule has 1 aromatic heterocycles. The maximum atomic E-state index is 13.4. The lowest BCUT2D eigenvalue weighted by Crippen LogP contribution is -2.42. The largest absolute Gasteiger partial charge is 0.495 e. The zero-order valence-electron chi connectivity index (χ0n) is 16.4. The van der Waals surface area contributed by atoms with Gasteiger partial charge in [0.2, 0.25) is 0 Å². The second-order valence-corrected chi connectivity index (χ2v) is 7.05. The number of aromatic nitrogens is 2. The van der Waals surface area contributed by atoms with Gasteiger partial charge in [0.25, 0.3) is 5.56 Å². The van der Waals surface area contributed by atoms with E-state index in [1.807, 2.05) is 6.07 Å². The van der Waals surface area contributed by atoms with Gasteiger partial charge in [0.05, 0.1) is 30.6 Å². The molecule has 3 aromatic rings. The molecule has 154 valence electrons. The minimum Gasteiger partial charge on any atom is -0.495 e. The number of carbonyl (C=O) groups is 1. The van der Waals surface area contributed by atoms with Crippen molar-refractivity contribution in [3.8, 4) is 5.75 Å². The molecule has 0 unspecified atom stereocenters. The Hall–Kier alpha value is -3.68. The molecule has 2 N–H and O–H groups in total. The van der Waals surface area contributed by atoms with Gasteiger partial charge in [-0.05, 0) is 29.8 Å². The lowest BCUT2D eigenvalue weighted by molar-refractivity contribution is 0.205. The van der Waals surface area contributed by atoms with Gasteiger partial charge >= 0.3 is 6.03 Å². The normalized spacial score (nSPS) is 12.9. The summed E-state index contributed by atoms with van der Waals surface area (Å²) in [5.41, 5.74) is 2.16. The molecule has 0 aliphatic carbocycles. The van der Waals surface area contributed by atoms with E-state index in [2.05, 4.69) is 15.3 Å². The van der Waals surface area contributed by atoms with Crippen molar-refractivity contribution in [3.05, 3.63) is 87.3 Å². The maximum Gasteiger partial charge on any atom is 0.322 e. The summed E-state index contributed by atoms with van der Waals surface area (Å²) in [5, 5.41) is 2.82. The molecule has 30 heavy (non-hydrogen) atoms. The highest BCUT2D eigenvalue weighted by molar-refractivity contribution is 5.91. The SMILES string of the molecule is COc1ccccc1NC(=O)N1CCc2nc(Cc3cccc(F)c3)[nH]c(=O)c2C1. The minimum absolute atomic E-state index is 0.166. The molecule has 0 bridgehead atoms. The Labute approximate surface area is 172 Å². The van der Waals surface area contributed by atoms with E-state index in [4.69, 9.17) is 4.74 Å². The average Bonchev–Trinajstić information content (AvgIpc) is 2.74. The van der Waals surface area contributed by atoms with E-state index in [1.165, 1.54) is 19.2 Å². The molecule has 1 aliphatic rings. The molecule has 0 radical (unpaired) electrons. The van der Waals surface area contributed by atoms with E-state index in [0.29, 0.717) is 47.9 Å². The summed E-state index contributed by atoms with van der Waals surface area (Å²) >= 11 is 0. The van der Waals surface area contributed by atoms with Crippen LogP contribution in [-0.4, -0.2) is 34.6 Å². The van der Waals surface area contributed by atoms with Crippen LogP contribution in [0.3, 0.4) is 0 Å². The number of fused-ring (bicyclic) bond motifs is 1. The van der Waals surface area contributed by atoms with Crippen LogP contribution in [0.1, 0.15) is 22.6 Å². The average molecular weight is 408 g/mol. The van der Waals surface area contributed by atoms with Gasteiger partial charge in [0, 0.05) is 19.4 Å². The molecule has 0 spiro atoms. The van der Waals surface area contributed by atoms with Crippen LogP contribution in [0, 0.1) is 5.82 Å². The minimum atomic E-state index is -0.329. The van der Waals surface area contributed by atoms with Gasteiger partial charge in [-0.2, -0.15) is 0 Å². The van der Waals surface area contributed by atoms with Crippen LogP contribution in [-0.2, 0) is 19.4 Å². The number of urea groups is 1. The predicted molar refractivity (Wildman–Crippen MR) is 110 cm³/mol. The first-order valence-electron chi connectivity index (χ1n) is 9.58. The summed E-state index contributed by atoms with van der Waals surface area (Å²) < 4.78 is 18.7. The van der Waals surface area contributed by atoms with Crippen molar-refractivity contribution in [3.63, 3.8) is 0 Å². The fourth-order valence-corrected chi connectivity index (χ4v) is 3.52. The number of hydrogen-bond acceptors (Lipinski definition) is 4. The molecular weight excluding hydrogens is 387 g/mol. The van der Waals surface area contributed by atoms with Crippen LogP contribution in [0.25, 0.3) is 0 Å². The van der Waals surface area contributed by atoms with Crippen molar-refractivity contribution in [2.75, 3.05) is 19.0 Å². The van der Waals surface area contributed by atoms with Crippen LogP contribution in [0.2, 0.25) is 0 Å². The first-order chi connectivity index (χ1) is 14.5. The highest BCUT2D eigenvalue weighted by atomic mass is 19.1. The number of benzene rings is 2. The van der Waals surface area contributed by atoms with Gasteiger partial charge in [-0.3, -0.25) is 4.79 Å². The molecule has 7 nitrogen and oxygen atoms in total. The van der Waals surface area contributed by atoms with Crippen LogP contribution in [0.4, 0.5) is 14.9 Å². The Kier molecular flexibility index (Phi) is 5.47. The number of nitrogens with one attached hydrogen (secondary N) is 2. The van der Waals surface area contributed by atoms with Crippen molar-refractivity contribution < 1.29 is 13.9 Å². The van der Waals surface area contributed by atoms with Gasteiger partial charge in [-0.1, -0.05) is 24.3 Å². The van der Waals surface area contributed by atoms with Crippen molar-refractivity contribution >= 4 is 11.7 Å². The van der Waals surface area contributed by atoms with Gasteiger partial charge < -0.3 is 19.9 Å². The van der Waals surface area contributed by atoms with E-state index in [0.717, 1.165) is 5.56 Å². The van der Waals surface area contributed by atoms with Crippen molar-refractivity contribution in [2.45, 2.75) is 19.4 Å². The van der Waals surface area contributed by atoms with Crippen LogP contribution < -0.4 is 15.6 Å². The number of rotatable bonds is 4. The van der Waals surface area contributed by atoms with Gasteiger partial charge in [0.1, 0.15) is 17.4 Å². The Balaban J connectivity index is 1.50. The van der Waals surface area contributed by atoms with Crippen molar-refractivity contribution in [1.82, 2.24) is 14.9 Å². The molecule has 0 saturated heterocycles. The number of amides is 2. The number of carbonyl (C=O) groups excluding carboxylic acids is 1. The van der Waals surface area contributed by atoms with Gasteiger partial charge in [-0.25, -0.2) is 14.2 Å². The van der Waals surface area contributed by atoms with Crippen LogP contribution in [0.15, 0.2) is 53.3 Å². The second-order valence-electron chi connectivity index (χ2n) is 7.05. The molecule has 2 heterocycles. The number of para-hydroxylation sites is 2. The fraction of sp³-hybridized carbons (Fsp3) is 0.227. The van der Waals surface area contributed by atoms with Crippen LogP contribution >= 0.6 is 0 Å². The maximum absolute atomic E-state index is 13.4. The van der Waals surface area contributed by atoms with Gasteiger partial charge in [-0.15, -0.1) is 0 Å². The first-order valence-corrected chi connectivity index (χ1v) is 9.58. The van der Waals surface area contributed by atoms with Gasteiger partial charge in [0.15, 0.2) is 0 Å². The second kappa shape index (κ2) is 8.36. The zero-order chi connectivity index (χ0) is 21.1. The summed E-state index contributed by atoms with van der Waals surface area (Å²) in [7, 11) is 1.54. The molecule has 2 amide bonds. The highest BCUT2D eigenvalue weighted by Crippen LogP contribution is 2.24. The third kappa shape index (κ3) is 4.17. The Morgan fingerprint density at radius 3 is 2.90 bits per heavy atom. The van der Waals surface area contributed by atoms with E-state index < -0.39 is 0 Å². The molecule has 0 atom stereocenters. The topological polar surface area (TPSA) is 87.3 Å². The molecule has 1 aliphatic heterocycles. The molecule has 4 rings (SSSR count). The third-order valence-corrected chi connectivity index (χ3v) is 5.01. The molecule has 2 aromatic carbocycles. The Morgan fingerprint density at radius 1 is 1.27 bits per heavy atom. The molecular formula is C22H21FN4O3. The summed E-state index contributed by atoms with van der Waals surface area (Å²) in [5.74, 6) is 0.713. The van der Waals surface area contributed by atoms with E-state index in [9.17, 15) is 14.0 Å². The summed E-state index contributed by atoms with van der Waals surface area (Å²) in [4.78, 5) is 34.2. The fourth-order valence-electron chi connectivity index (χ4n) is 3.52. The number of anilines is 1. The predicted octanol–water partition coefficient (Wildman–Crippen LogP) is 3.10. The summed E-state index contributed by atoms with van der Waals surface area (Å²) in [6, 6.07) is 13.0. The number of hydrogen-bond donors (Lipinski definition) is 2. The van der Waals surface area contributed by atoms with Crippen molar-refractivity contribution in [2.24, 2.45) is 0 Å². The molecule has 0 fully saturated rings. The van der Waals surface area contributed by atoms with E-state index in [-0.39, 0.29) is 24.0 Å². The quantitative estimate of drug-likeness (QED) is 0.695. The highest BCUT2D eigenvalue weighted by Gasteiger charge is 2.25. The smallest absolute Gasteiger partial charge is 0.322 e. The number of ether oxygens (including phenoxy) is 1. The Morgan fingerprint density at radius 2 is 2.10 bits per heavy atom. The third-order valence-electron chi connectivity index (χ3n) is 5.01. The van der Waals surface area contributed by atoms with E-state index >= 15 is 0 Å². The first kappa shape index (κ1) is 19.6. The van der Waals surface area contributed by atoms with Crippen molar-refractivity contribution in [1.29, 1.82) is 0 Å². The number of H-pyrrole nitrogens is 1.